The van der Waals surface area contributed by atoms with Gasteiger partial charge in [0.2, 0.25) is 5.91 Å². The molecule has 2 aromatic rings. The first-order chi connectivity index (χ1) is 18.6. The maximum atomic E-state index is 12.9. The number of imidazole rings is 1. The highest BCUT2D eigenvalue weighted by Crippen LogP contribution is 2.44. The molecule has 0 aromatic carbocycles. The Labute approximate surface area is 226 Å². The standard InChI is InChI=1S/C26H36N8O5/c1-24(38)14-25(39-13-17(24)34-16-30-19-20(27)28-15-29-21(19)34)8-11-32(12-9-25)18(35)5-4-10-33-22(36)26(31-23(33)37)6-2-3-7-26/h15-17,38H,2-14H2,1H3,(H,31,37)(H2,27,28,29)/t17-,24-/m1/s1. The molecule has 0 radical (unpaired) electrons. The number of aromatic nitrogens is 4. The molecule has 2 atom stereocenters. The van der Waals surface area contributed by atoms with Gasteiger partial charge in [-0.3, -0.25) is 14.5 Å². The molecule has 4 fully saturated rings. The lowest BCUT2D eigenvalue weighted by Gasteiger charge is -2.51. The molecule has 0 bridgehead atoms. The van der Waals surface area contributed by atoms with Crippen LogP contribution < -0.4 is 11.1 Å². The summed E-state index contributed by atoms with van der Waals surface area (Å²) in [4.78, 5) is 53.8. The Kier molecular flexibility index (Phi) is 6.25. The molecule has 3 aliphatic heterocycles. The van der Waals surface area contributed by atoms with Crippen molar-refractivity contribution in [2.75, 3.05) is 32.0 Å². The third kappa shape index (κ3) is 4.41. The van der Waals surface area contributed by atoms with Gasteiger partial charge in [-0.05, 0) is 39.0 Å². The molecule has 0 unspecified atom stereocenters. The number of nitrogens with one attached hydrogen (secondary N) is 1. The zero-order chi connectivity index (χ0) is 27.4. The molecule has 4 N–H and O–H groups in total. The van der Waals surface area contributed by atoms with E-state index in [-0.39, 0.29) is 43.2 Å². The van der Waals surface area contributed by atoms with Gasteiger partial charge in [-0.2, -0.15) is 0 Å². The molecule has 5 heterocycles. The number of urea groups is 1. The first-order valence-electron chi connectivity index (χ1n) is 13.8. The minimum Gasteiger partial charge on any atom is -0.388 e. The van der Waals surface area contributed by atoms with Crippen LogP contribution in [0.15, 0.2) is 12.7 Å². The highest BCUT2D eigenvalue weighted by atomic mass is 16.5. The number of likely N-dealkylation sites (tertiary alicyclic amines) is 1. The van der Waals surface area contributed by atoms with Gasteiger partial charge in [-0.15, -0.1) is 0 Å². The predicted octanol–water partition coefficient (Wildman–Crippen LogP) is 1.13. The Hall–Kier alpha value is -3.32. The molecule has 1 saturated carbocycles. The molecule has 4 amide bonds. The van der Waals surface area contributed by atoms with Crippen molar-refractivity contribution >= 4 is 34.8 Å². The van der Waals surface area contributed by atoms with Crippen molar-refractivity contribution in [2.45, 2.75) is 87.5 Å². The quantitative estimate of drug-likeness (QED) is 0.471. The van der Waals surface area contributed by atoms with Crippen molar-refractivity contribution < 1.29 is 24.2 Å². The largest absolute Gasteiger partial charge is 0.388 e. The molecule has 210 valence electrons. The summed E-state index contributed by atoms with van der Waals surface area (Å²) in [6.45, 7) is 3.40. The second kappa shape index (κ2) is 9.40. The summed E-state index contributed by atoms with van der Waals surface area (Å²) in [5, 5.41) is 14.4. The normalized spacial score (nSPS) is 28.1. The summed E-state index contributed by atoms with van der Waals surface area (Å²) in [6, 6.07) is -0.732. The van der Waals surface area contributed by atoms with Crippen LogP contribution in [0.1, 0.15) is 70.8 Å². The minimum atomic E-state index is -1.09. The second-order valence-electron chi connectivity index (χ2n) is 11.8. The number of aliphatic hydroxyl groups is 1. The van der Waals surface area contributed by atoms with E-state index in [0.717, 1.165) is 12.8 Å². The zero-order valence-electron chi connectivity index (χ0n) is 22.3. The lowest BCUT2D eigenvalue weighted by Crippen LogP contribution is -2.58. The van der Waals surface area contributed by atoms with Crippen LogP contribution in [0, 0.1) is 0 Å². The smallest absolute Gasteiger partial charge is 0.325 e. The van der Waals surface area contributed by atoms with E-state index < -0.39 is 22.8 Å². The number of hydrogen-bond donors (Lipinski definition) is 3. The van der Waals surface area contributed by atoms with Gasteiger partial charge in [0.25, 0.3) is 5.91 Å². The maximum Gasteiger partial charge on any atom is 0.325 e. The Morgan fingerprint density at radius 1 is 1.18 bits per heavy atom. The fourth-order valence-electron chi connectivity index (χ4n) is 6.96. The molecule has 1 aliphatic carbocycles. The van der Waals surface area contributed by atoms with Crippen LogP contribution in [-0.4, -0.2) is 95.3 Å². The Balaban J connectivity index is 1.02. The molecular formula is C26H36N8O5. The number of hydrogen-bond acceptors (Lipinski definition) is 9. The number of rotatable bonds is 5. The van der Waals surface area contributed by atoms with Crippen LogP contribution in [0.4, 0.5) is 10.6 Å². The number of amides is 4. The van der Waals surface area contributed by atoms with E-state index in [9.17, 15) is 19.5 Å². The van der Waals surface area contributed by atoms with Gasteiger partial charge in [0.05, 0.1) is 30.2 Å². The highest BCUT2D eigenvalue weighted by molar-refractivity contribution is 6.07. The van der Waals surface area contributed by atoms with Gasteiger partial charge in [0.1, 0.15) is 17.4 Å². The van der Waals surface area contributed by atoms with Gasteiger partial charge in [-0.25, -0.2) is 19.7 Å². The van der Waals surface area contributed by atoms with E-state index in [0.29, 0.717) is 62.8 Å². The molecule has 3 saturated heterocycles. The van der Waals surface area contributed by atoms with E-state index in [1.807, 2.05) is 4.90 Å². The molecule has 13 heteroatoms. The van der Waals surface area contributed by atoms with E-state index in [1.54, 1.807) is 17.8 Å². The summed E-state index contributed by atoms with van der Waals surface area (Å²) in [5.41, 5.74) is 4.66. The Morgan fingerprint density at radius 2 is 1.92 bits per heavy atom. The first-order valence-corrected chi connectivity index (χ1v) is 13.8. The fraction of sp³-hybridized carbons (Fsp3) is 0.692. The number of piperidine rings is 1. The average molecular weight is 541 g/mol. The first kappa shape index (κ1) is 25.9. The lowest BCUT2D eigenvalue weighted by atomic mass is 9.75. The lowest BCUT2D eigenvalue weighted by molar-refractivity contribution is -0.197. The van der Waals surface area contributed by atoms with Crippen molar-refractivity contribution in [3.63, 3.8) is 0 Å². The number of nitrogens with zero attached hydrogens (tertiary/aromatic N) is 6. The molecule has 4 aliphatic rings. The van der Waals surface area contributed by atoms with Gasteiger partial charge >= 0.3 is 6.03 Å². The van der Waals surface area contributed by atoms with Crippen LogP contribution >= 0.6 is 0 Å². The van der Waals surface area contributed by atoms with Gasteiger partial charge in [-0.1, -0.05) is 12.8 Å². The number of anilines is 1. The summed E-state index contributed by atoms with van der Waals surface area (Å²) in [6.07, 6.45) is 8.65. The van der Waals surface area contributed by atoms with Crippen molar-refractivity contribution in [3.8, 4) is 0 Å². The van der Waals surface area contributed by atoms with Crippen LogP contribution in [0.3, 0.4) is 0 Å². The average Bonchev–Trinajstić information content (AvgIpc) is 3.60. The molecule has 2 spiro atoms. The van der Waals surface area contributed by atoms with E-state index in [4.69, 9.17) is 10.5 Å². The maximum absolute atomic E-state index is 12.9. The summed E-state index contributed by atoms with van der Waals surface area (Å²) in [5.74, 6) is 0.156. The van der Waals surface area contributed by atoms with Crippen LogP contribution in [0.2, 0.25) is 0 Å². The summed E-state index contributed by atoms with van der Waals surface area (Å²) >= 11 is 0. The van der Waals surface area contributed by atoms with Crippen molar-refractivity contribution in [2.24, 2.45) is 0 Å². The number of ether oxygens (including phenoxy) is 1. The number of imide groups is 1. The minimum absolute atomic E-state index is 0.00934. The molecule has 2 aromatic heterocycles. The Bertz CT molecular complexity index is 1290. The second-order valence-corrected chi connectivity index (χ2v) is 11.8. The van der Waals surface area contributed by atoms with Crippen LogP contribution in [-0.2, 0) is 14.3 Å². The number of carbonyl (C=O) groups is 3. The van der Waals surface area contributed by atoms with E-state index in [2.05, 4.69) is 20.3 Å². The number of fused-ring (bicyclic) bond motifs is 1. The van der Waals surface area contributed by atoms with Crippen molar-refractivity contribution in [3.05, 3.63) is 12.7 Å². The summed E-state index contributed by atoms with van der Waals surface area (Å²) in [7, 11) is 0. The van der Waals surface area contributed by atoms with Crippen LogP contribution in [0.5, 0.6) is 0 Å². The Morgan fingerprint density at radius 3 is 2.64 bits per heavy atom. The molecular weight excluding hydrogens is 504 g/mol. The van der Waals surface area contributed by atoms with Gasteiger partial charge in [0.15, 0.2) is 11.5 Å². The molecule has 6 rings (SSSR count). The third-order valence-electron chi connectivity index (χ3n) is 9.17. The third-order valence-corrected chi connectivity index (χ3v) is 9.17. The predicted molar refractivity (Wildman–Crippen MR) is 139 cm³/mol. The monoisotopic (exact) mass is 540 g/mol. The van der Waals surface area contributed by atoms with Crippen LogP contribution in [0.25, 0.3) is 11.2 Å². The summed E-state index contributed by atoms with van der Waals surface area (Å²) < 4.78 is 8.20. The van der Waals surface area contributed by atoms with E-state index in [1.165, 1.54) is 11.2 Å². The molecule has 39 heavy (non-hydrogen) atoms. The zero-order valence-corrected chi connectivity index (χ0v) is 22.3. The topological polar surface area (TPSA) is 169 Å². The van der Waals surface area contributed by atoms with Gasteiger partial charge < -0.3 is 30.4 Å². The highest BCUT2D eigenvalue weighted by Gasteiger charge is 2.52. The molecule has 13 nitrogen and oxygen atoms in total. The SMILES string of the molecule is C[C@@]1(O)CC2(CCN(C(=O)CCCN3C(=O)NC4(CCCC4)C3=O)CC2)OC[C@H]1n1cnc2c(N)ncnc21. The van der Waals surface area contributed by atoms with Crippen molar-refractivity contribution in [1.29, 1.82) is 0 Å². The number of nitrogens with two attached hydrogens (primary N) is 1. The number of carbonyl (C=O) groups excluding carboxylic acids is 3. The number of nitrogen functional groups attached to an aromatic ring is 1. The van der Waals surface area contributed by atoms with E-state index >= 15 is 0 Å². The van der Waals surface area contributed by atoms with Gasteiger partial charge in [0, 0.05) is 32.5 Å². The fourth-order valence-corrected chi connectivity index (χ4v) is 6.96. The van der Waals surface area contributed by atoms with Crippen molar-refractivity contribution in [1.82, 2.24) is 34.6 Å².